The van der Waals surface area contributed by atoms with E-state index < -0.39 is 0 Å². The number of nitrogens with one attached hydrogen (secondary N) is 1. The third-order valence-corrected chi connectivity index (χ3v) is 4.58. The van der Waals surface area contributed by atoms with E-state index in [0.717, 1.165) is 22.2 Å². The minimum atomic E-state index is -0.253. The van der Waals surface area contributed by atoms with Crippen molar-refractivity contribution >= 4 is 33.5 Å². The first kappa shape index (κ1) is 15.5. The van der Waals surface area contributed by atoms with Crippen LogP contribution in [0.15, 0.2) is 77.2 Å². The zero-order chi connectivity index (χ0) is 17.1. The molecule has 0 saturated carbocycles. The number of rotatable bonds is 4. The molecule has 1 N–H and O–H groups in total. The van der Waals surface area contributed by atoms with Gasteiger partial charge in [-0.3, -0.25) is 5.43 Å². The number of hydrazone groups is 1. The molecule has 4 rings (SSSR count). The topological polar surface area (TPSA) is 37.3 Å². The van der Waals surface area contributed by atoms with E-state index in [2.05, 4.69) is 33.7 Å². The van der Waals surface area contributed by atoms with Gasteiger partial charge in [-0.1, -0.05) is 42.5 Å². The van der Waals surface area contributed by atoms with Crippen molar-refractivity contribution in [3.63, 3.8) is 0 Å². The second-order valence-corrected chi connectivity index (χ2v) is 6.34. The second kappa shape index (κ2) is 6.83. The molecule has 1 aromatic heterocycles. The van der Waals surface area contributed by atoms with Gasteiger partial charge in [0.2, 0.25) is 5.13 Å². The maximum Gasteiger partial charge on any atom is 0.203 e. The normalized spacial score (nSPS) is 11.2. The third-order valence-electron chi connectivity index (χ3n) is 3.83. The summed E-state index contributed by atoms with van der Waals surface area (Å²) in [6.07, 6.45) is 1.79. The summed E-state index contributed by atoms with van der Waals surface area (Å²) in [5.74, 6) is -0.253. The molecule has 0 saturated heterocycles. The molecule has 0 aliphatic heterocycles. The lowest BCUT2D eigenvalue weighted by Crippen LogP contribution is -1.91. The number of aromatic nitrogens is 1. The van der Waals surface area contributed by atoms with Crippen LogP contribution < -0.4 is 5.43 Å². The Balaban J connectivity index is 1.51. The summed E-state index contributed by atoms with van der Waals surface area (Å²) in [7, 11) is 0. The number of hydrogen-bond acceptors (Lipinski definition) is 4. The average molecular weight is 347 g/mol. The highest BCUT2D eigenvalue weighted by Crippen LogP contribution is 2.25. The van der Waals surface area contributed by atoms with Crippen molar-refractivity contribution in [3.8, 4) is 11.3 Å². The van der Waals surface area contributed by atoms with E-state index in [0.29, 0.717) is 5.13 Å². The number of thiazole rings is 1. The number of hydrogen-bond donors (Lipinski definition) is 1. The smallest absolute Gasteiger partial charge is 0.203 e. The number of nitrogens with zero attached hydrogens (tertiary/aromatic N) is 2. The fourth-order valence-corrected chi connectivity index (χ4v) is 3.27. The van der Waals surface area contributed by atoms with Crippen molar-refractivity contribution in [3.05, 3.63) is 83.5 Å². The molecule has 0 fully saturated rings. The van der Waals surface area contributed by atoms with Gasteiger partial charge >= 0.3 is 0 Å². The summed E-state index contributed by atoms with van der Waals surface area (Å²) in [6, 6.07) is 20.6. The molecule has 0 radical (unpaired) electrons. The molecule has 25 heavy (non-hydrogen) atoms. The Morgan fingerprint density at radius 3 is 2.64 bits per heavy atom. The summed E-state index contributed by atoms with van der Waals surface area (Å²) >= 11 is 1.46. The Labute approximate surface area is 148 Å². The number of anilines is 1. The van der Waals surface area contributed by atoms with Crippen molar-refractivity contribution in [2.75, 3.05) is 5.43 Å². The van der Waals surface area contributed by atoms with Crippen LogP contribution in [0.1, 0.15) is 5.56 Å². The summed E-state index contributed by atoms with van der Waals surface area (Å²) in [4.78, 5) is 4.47. The lowest BCUT2D eigenvalue weighted by atomic mass is 10.1. The van der Waals surface area contributed by atoms with E-state index in [1.54, 1.807) is 18.3 Å². The average Bonchev–Trinajstić information content (AvgIpc) is 3.11. The molecule has 122 valence electrons. The van der Waals surface area contributed by atoms with Gasteiger partial charge in [0.15, 0.2) is 0 Å². The highest BCUT2D eigenvalue weighted by molar-refractivity contribution is 7.14. The standard InChI is InChI=1S/C20H14FN3S/c21-17-10-8-15(9-11-17)19-13-25-20(23-19)24-22-12-16-6-3-5-14-4-1-2-7-18(14)16/h1-13H,(H,23,24)/b22-12+. The Hall–Kier alpha value is -3.05. The minimum absolute atomic E-state index is 0.253. The van der Waals surface area contributed by atoms with Crippen molar-refractivity contribution < 1.29 is 4.39 Å². The zero-order valence-electron chi connectivity index (χ0n) is 13.2. The van der Waals surface area contributed by atoms with E-state index in [9.17, 15) is 4.39 Å². The molecule has 1 heterocycles. The predicted molar refractivity (Wildman–Crippen MR) is 103 cm³/mol. The molecule has 0 spiro atoms. The van der Waals surface area contributed by atoms with Gasteiger partial charge in [0, 0.05) is 16.5 Å². The first-order valence-electron chi connectivity index (χ1n) is 7.78. The Bertz CT molecular complexity index is 1030. The molecule has 0 atom stereocenters. The minimum Gasteiger partial charge on any atom is -0.253 e. The first-order chi connectivity index (χ1) is 12.3. The van der Waals surface area contributed by atoms with Crippen LogP contribution in [0.5, 0.6) is 0 Å². The molecule has 0 bridgehead atoms. The highest BCUT2D eigenvalue weighted by Gasteiger charge is 2.04. The van der Waals surface area contributed by atoms with E-state index in [1.165, 1.54) is 28.9 Å². The number of halogens is 1. The van der Waals surface area contributed by atoms with Crippen LogP contribution in [0, 0.1) is 5.82 Å². The van der Waals surface area contributed by atoms with Crippen LogP contribution in [-0.2, 0) is 0 Å². The van der Waals surface area contributed by atoms with Gasteiger partial charge in [-0.05, 0) is 35.0 Å². The van der Waals surface area contributed by atoms with Gasteiger partial charge in [0.05, 0.1) is 11.9 Å². The fourth-order valence-electron chi connectivity index (χ4n) is 2.60. The Morgan fingerprint density at radius 1 is 0.960 bits per heavy atom. The molecule has 0 aliphatic rings. The molecule has 4 aromatic rings. The molecule has 3 aromatic carbocycles. The Morgan fingerprint density at radius 2 is 1.76 bits per heavy atom. The summed E-state index contributed by atoms with van der Waals surface area (Å²) in [5, 5.41) is 9.24. The lowest BCUT2D eigenvalue weighted by Gasteiger charge is -2.01. The maximum absolute atomic E-state index is 13.0. The highest BCUT2D eigenvalue weighted by atomic mass is 32.1. The lowest BCUT2D eigenvalue weighted by molar-refractivity contribution is 0.628. The van der Waals surface area contributed by atoms with Crippen LogP contribution in [0.25, 0.3) is 22.0 Å². The van der Waals surface area contributed by atoms with Gasteiger partial charge < -0.3 is 0 Å². The first-order valence-corrected chi connectivity index (χ1v) is 8.66. The van der Waals surface area contributed by atoms with Gasteiger partial charge in [0.1, 0.15) is 5.82 Å². The van der Waals surface area contributed by atoms with Crippen molar-refractivity contribution in [1.29, 1.82) is 0 Å². The molecule has 0 unspecified atom stereocenters. The summed E-state index contributed by atoms with van der Waals surface area (Å²) < 4.78 is 13.0. The van der Waals surface area contributed by atoms with Crippen LogP contribution in [0.3, 0.4) is 0 Å². The summed E-state index contributed by atoms with van der Waals surface area (Å²) in [5.41, 5.74) is 5.68. The van der Waals surface area contributed by atoms with Gasteiger partial charge in [0.25, 0.3) is 0 Å². The van der Waals surface area contributed by atoms with E-state index in [4.69, 9.17) is 0 Å². The third kappa shape index (κ3) is 3.41. The fraction of sp³-hybridized carbons (Fsp3) is 0. The second-order valence-electron chi connectivity index (χ2n) is 5.48. The zero-order valence-corrected chi connectivity index (χ0v) is 14.0. The monoisotopic (exact) mass is 347 g/mol. The van der Waals surface area contributed by atoms with Crippen molar-refractivity contribution in [2.45, 2.75) is 0 Å². The van der Waals surface area contributed by atoms with Crippen LogP contribution in [-0.4, -0.2) is 11.2 Å². The van der Waals surface area contributed by atoms with Gasteiger partial charge in [-0.25, -0.2) is 9.37 Å². The van der Waals surface area contributed by atoms with E-state index in [1.807, 2.05) is 29.6 Å². The Kier molecular flexibility index (Phi) is 4.23. The molecular formula is C20H14FN3S. The van der Waals surface area contributed by atoms with E-state index >= 15 is 0 Å². The van der Waals surface area contributed by atoms with E-state index in [-0.39, 0.29) is 5.82 Å². The van der Waals surface area contributed by atoms with Crippen molar-refractivity contribution in [2.24, 2.45) is 5.10 Å². The molecule has 5 heteroatoms. The number of fused-ring (bicyclic) bond motifs is 1. The largest absolute Gasteiger partial charge is 0.253 e. The quantitative estimate of drug-likeness (QED) is 0.388. The number of benzene rings is 3. The molecular weight excluding hydrogens is 333 g/mol. The van der Waals surface area contributed by atoms with Gasteiger partial charge in [-0.2, -0.15) is 5.10 Å². The maximum atomic E-state index is 13.0. The van der Waals surface area contributed by atoms with Gasteiger partial charge in [-0.15, -0.1) is 11.3 Å². The molecule has 0 amide bonds. The molecule has 3 nitrogen and oxygen atoms in total. The van der Waals surface area contributed by atoms with Crippen LogP contribution in [0.2, 0.25) is 0 Å². The molecule has 0 aliphatic carbocycles. The van der Waals surface area contributed by atoms with Crippen LogP contribution in [0.4, 0.5) is 9.52 Å². The SMILES string of the molecule is Fc1ccc(-c2csc(N/N=C/c3cccc4ccccc34)n2)cc1. The van der Waals surface area contributed by atoms with Crippen molar-refractivity contribution in [1.82, 2.24) is 4.98 Å². The predicted octanol–water partition coefficient (Wildman–Crippen LogP) is 5.55. The van der Waals surface area contributed by atoms with Crippen LogP contribution >= 0.6 is 11.3 Å². The summed E-state index contributed by atoms with van der Waals surface area (Å²) in [6.45, 7) is 0.